The van der Waals surface area contributed by atoms with Gasteiger partial charge in [-0.2, -0.15) is 0 Å². The topological polar surface area (TPSA) is 41.3 Å². The van der Waals surface area contributed by atoms with Gasteiger partial charge in [0.25, 0.3) is 0 Å². The maximum Gasteiger partial charge on any atom is 0.142 e. The Morgan fingerprint density at radius 1 is 1.08 bits per heavy atom. The van der Waals surface area contributed by atoms with E-state index in [0.29, 0.717) is 19.4 Å². The summed E-state index contributed by atoms with van der Waals surface area (Å²) < 4.78 is 15.4. The molecule has 0 aliphatic carbocycles. The highest BCUT2D eigenvalue weighted by atomic mass is 19.1. The second-order valence-electron chi connectivity index (χ2n) is 7.33. The molecule has 2 heterocycles. The molecule has 1 atom stereocenters. The number of hydrogen-bond donors (Lipinski definition) is 1. The van der Waals surface area contributed by atoms with Crippen molar-refractivity contribution >= 4 is 11.0 Å². The fraction of sp³-hybridized carbons (Fsp3) is 0.381. The van der Waals surface area contributed by atoms with E-state index in [1.54, 1.807) is 12.1 Å². The van der Waals surface area contributed by atoms with Crippen LogP contribution < -0.4 is 0 Å². The fourth-order valence-corrected chi connectivity index (χ4v) is 3.84. The highest BCUT2D eigenvalue weighted by Gasteiger charge is 2.36. The Labute approximate surface area is 152 Å². The molecule has 1 unspecified atom stereocenters. The van der Waals surface area contributed by atoms with Crippen molar-refractivity contribution in [3.05, 3.63) is 65.7 Å². The van der Waals surface area contributed by atoms with E-state index in [1.807, 2.05) is 24.3 Å². The molecule has 136 valence electrons. The Kier molecular flexibility index (Phi) is 4.51. The molecule has 0 amide bonds. The molecule has 1 aliphatic rings. The first-order chi connectivity index (χ1) is 12.5. The van der Waals surface area contributed by atoms with Crippen molar-refractivity contribution in [1.82, 2.24) is 14.5 Å². The number of aromatic nitrogens is 2. The molecule has 1 fully saturated rings. The molecular formula is C21H24FN3O. The van der Waals surface area contributed by atoms with Gasteiger partial charge in [0.2, 0.25) is 0 Å². The molecule has 5 heteroatoms. The third-order valence-corrected chi connectivity index (χ3v) is 5.36. The Morgan fingerprint density at radius 2 is 1.85 bits per heavy atom. The molecule has 2 aromatic carbocycles. The van der Waals surface area contributed by atoms with Crippen LogP contribution in [0.3, 0.4) is 0 Å². The number of imidazole rings is 1. The van der Waals surface area contributed by atoms with Gasteiger partial charge >= 0.3 is 0 Å². The van der Waals surface area contributed by atoms with Crippen LogP contribution in [0.5, 0.6) is 0 Å². The van der Waals surface area contributed by atoms with Crippen LogP contribution in [0.4, 0.5) is 4.39 Å². The maximum absolute atomic E-state index is 13.3. The van der Waals surface area contributed by atoms with Gasteiger partial charge in [-0.15, -0.1) is 0 Å². The average Bonchev–Trinajstić information content (AvgIpc) is 2.91. The molecule has 26 heavy (non-hydrogen) atoms. The van der Waals surface area contributed by atoms with Crippen LogP contribution in [0.25, 0.3) is 11.0 Å². The molecule has 4 rings (SSSR count). The van der Waals surface area contributed by atoms with E-state index in [-0.39, 0.29) is 5.82 Å². The van der Waals surface area contributed by atoms with E-state index in [1.165, 1.54) is 12.1 Å². The summed E-state index contributed by atoms with van der Waals surface area (Å²) in [6.45, 7) is 2.39. The molecule has 0 spiro atoms. The summed E-state index contributed by atoms with van der Waals surface area (Å²) in [6.07, 6.45) is 2.30. The number of fused-ring (bicyclic) bond motifs is 1. The largest absolute Gasteiger partial charge is 0.382 e. The van der Waals surface area contributed by atoms with Crippen LogP contribution in [0, 0.1) is 5.82 Å². The lowest BCUT2D eigenvalue weighted by Crippen LogP contribution is -2.31. The van der Waals surface area contributed by atoms with Crippen molar-refractivity contribution in [2.45, 2.75) is 31.4 Å². The van der Waals surface area contributed by atoms with E-state index in [0.717, 1.165) is 41.9 Å². The van der Waals surface area contributed by atoms with Gasteiger partial charge in [-0.25, -0.2) is 9.37 Å². The van der Waals surface area contributed by atoms with Crippen LogP contribution in [0.1, 0.15) is 30.7 Å². The predicted molar refractivity (Wildman–Crippen MR) is 100 cm³/mol. The molecule has 1 aliphatic heterocycles. The number of rotatable bonds is 3. The normalized spacial score (nSPS) is 21.8. The summed E-state index contributed by atoms with van der Waals surface area (Å²) in [5.74, 6) is 0.480. The van der Waals surface area contributed by atoms with E-state index >= 15 is 0 Å². The second-order valence-corrected chi connectivity index (χ2v) is 7.33. The van der Waals surface area contributed by atoms with Gasteiger partial charge in [0, 0.05) is 13.1 Å². The van der Waals surface area contributed by atoms with Crippen LogP contribution in [0.15, 0.2) is 48.5 Å². The summed E-state index contributed by atoms with van der Waals surface area (Å²) in [6, 6.07) is 14.5. The lowest BCUT2D eigenvalue weighted by Gasteiger charge is -2.27. The number of para-hydroxylation sites is 2. The summed E-state index contributed by atoms with van der Waals surface area (Å²) in [5.41, 5.74) is 1.93. The zero-order chi connectivity index (χ0) is 18.1. The number of likely N-dealkylation sites (tertiary alicyclic amines) is 1. The van der Waals surface area contributed by atoms with E-state index < -0.39 is 5.60 Å². The van der Waals surface area contributed by atoms with Gasteiger partial charge in [-0.1, -0.05) is 24.3 Å². The molecule has 0 bridgehead atoms. The van der Waals surface area contributed by atoms with Gasteiger partial charge in [0.15, 0.2) is 0 Å². The van der Waals surface area contributed by atoms with Crippen molar-refractivity contribution < 1.29 is 9.50 Å². The summed E-state index contributed by atoms with van der Waals surface area (Å²) in [4.78, 5) is 7.06. The Bertz CT molecular complexity index is 905. The summed E-state index contributed by atoms with van der Waals surface area (Å²) in [5, 5.41) is 11.5. The highest BCUT2D eigenvalue weighted by molar-refractivity contribution is 5.76. The standard InChI is InChI=1S/C21H24FN3O/c1-24-13-4-11-21(26,12-14-24)20-23-18-5-2-3-6-19(18)25(20)15-16-7-9-17(22)10-8-16/h2-3,5-10,26H,4,11-15H2,1H3. The summed E-state index contributed by atoms with van der Waals surface area (Å²) in [7, 11) is 2.09. The third kappa shape index (κ3) is 3.24. The van der Waals surface area contributed by atoms with Crippen molar-refractivity contribution in [1.29, 1.82) is 0 Å². The Morgan fingerprint density at radius 3 is 2.65 bits per heavy atom. The average molecular weight is 353 g/mol. The van der Waals surface area contributed by atoms with Crippen LogP contribution in [0.2, 0.25) is 0 Å². The fourth-order valence-electron chi connectivity index (χ4n) is 3.84. The minimum absolute atomic E-state index is 0.241. The van der Waals surface area contributed by atoms with Crippen molar-refractivity contribution in [2.75, 3.05) is 20.1 Å². The predicted octanol–water partition coefficient (Wildman–Crippen LogP) is 3.53. The highest BCUT2D eigenvalue weighted by Crippen LogP contribution is 2.34. The van der Waals surface area contributed by atoms with E-state index in [4.69, 9.17) is 4.98 Å². The quantitative estimate of drug-likeness (QED) is 0.783. The molecule has 1 aromatic heterocycles. The lowest BCUT2D eigenvalue weighted by atomic mass is 9.93. The van der Waals surface area contributed by atoms with E-state index in [2.05, 4.69) is 16.5 Å². The zero-order valence-corrected chi connectivity index (χ0v) is 15.0. The first-order valence-corrected chi connectivity index (χ1v) is 9.16. The van der Waals surface area contributed by atoms with Gasteiger partial charge < -0.3 is 14.6 Å². The molecule has 1 N–H and O–H groups in total. The molecule has 0 saturated carbocycles. The molecule has 1 saturated heterocycles. The molecular weight excluding hydrogens is 329 g/mol. The first kappa shape index (κ1) is 17.2. The zero-order valence-electron chi connectivity index (χ0n) is 15.0. The van der Waals surface area contributed by atoms with E-state index in [9.17, 15) is 9.50 Å². The van der Waals surface area contributed by atoms with Crippen molar-refractivity contribution in [3.8, 4) is 0 Å². The van der Waals surface area contributed by atoms with Gasteiger partial charge in [-0.3, -0.25) is 0 Å². The molecule has 3 aromatic rings. The molecule has 0 radical (unpaired) electrons. The van der Waals surface area contributed by atoms with Crippen molar-refractivity contribution in [2.24, 2.45) is 0 Å². The minimum atomic E-state index is -0.941. The Balaban J connectivity index is 1.79. The number of halogens is 1. The summed E-state index contributed by atoms with van der Waals surface area (Å²) >= 11 is 0. The SMILES string of the molecule is CN1CCCC(O)(c2nc3ccccc3n2Cc2ccc(F)cc2)CC1. The number of aliphatic hydroxyl groups is 1. The van der Waals surface area contributed by atoms with Gasteiger partial charge in [-0.05, 0) is 62.7 Å². The number of hydrogen-bond acceptors (Lipinski definition) is 3. The van der Waals surface area contributed by atoms with Crippen LogP contribution in [-0.4, -0.2) is 39.7 Å². The number of benzene rings is 2. The first-order valence-electron chi connectivity index (χ1n) is 9.16. The smallest absolute Gasteiger partial charge is 0.142 e. The number of nitrogens with zero attached hydrogens (tertiary/aromatic N) is 3. The monoisotopic (exact) mass is 353 g/mol. The Hall–Kier alpha value is -2.24. The van der Waals surface area contributed by atoms with Crippen LogP contribution >= 0.6 is 0 Å². The third-order valence-electron chi connectivity index (χ3n) is 5.36. The van der Waals surface area contributed by atoms with Gasteiger partial charge in [0.05, 0.1) is 11.0 Å². The lowest BCUT2D eigenvalue weighted by molar-refractivity contribution is 0.0104. The van der Waals surface area contributed by atoms with Crippen LogP contribution in [-0.2, 0) is 12.1 Å². The maximum atomic E-state index is 13.3. The van der Waals surface area contributed by atoms with Crippen molar-refractivity contribution in [3.63, 3.8) is 0 Å². The second kappa shape index (κ2) is 6.82. The van der Waals surface area contributed by atoms with Gasteiger partial charge in [0.1, 0.15) is 17.2 Å². The molecule has 4 nitrogen and oxygen atoms in total. The minimum Gasteiger partial charge on any atom is -0.382 e.